The maximum Gasteiger partial charge on any atom is 0.129 e. The molecule has 0 atom stereocenters. The Kier molecular flexibility index (Phi) is 4.77. The Morgan fingerprint density at radius 1 is 0.905 bits per heavy atom. The average molecular weight is 288 g/mol. The Morgan fingerprint density at radius 2 is 1.43 bits per heavy atom. The van der Waals surface area contributed by atoms with E-state index in [0.717, 1.165) is 11.3 Å². The molecule has 0 amide bonds. The van der Waals surface area contributed by atoms with Crippen molar-refractivity contribution in [2.45, 2.75) is 6.92 Å². The first-order valence-corrected chi connectivity index (χ1v) is 6.26. The van der Waals surface area contributed by atoms with Crippen molar-refractivity contribution in [2.75, 3.05) is 7.11 Å². The predicted octanol–water partition coefficient (Wildman–Crippen LogP) is 3.73. The van der Waals surface area contributed by atoms with Crippen LogP contribution in [0.1, 0.15) is 16.7 Å². The van der Waals surface area contributed by atoms with Gasteiger partial charge in [-0.15, -0.1) is 0 Å². The highest BCUT2D eigenvalue weighted by atomic mass is 19.1. The molecule has 0 aliphatic carbocycles. The van der Waals surface area contributed by atoms with Gasteiger partial charge in [-0.3, -0.25) is 0 Å². The molecule has 0 spiro atoms. The van der Waals surface area contributed by atoms with Gasteiger partial charge in [0.2, 0.25) is 0 Å². The third-order valence-corrected chi connectivity index (χ3v) is 2.90. The zero-order chi connectivity index (χ0) is 15.2. The van der Waals surface area contributed by atoms with Crippen molar-refractivity contribution in [3.8, 4) is 5.75 Å². The van der Waals surface area contributed by atoms with E-state index in [2.05, 4.69) is 10.2 Å². The SMILES string of the molecule is COc1ccc(/C=N/N=C/c2cc(F)c(C)c(F)c2)cc1. The average Bonchev–Trinajstić information content (AvgIpc) is 2.49. The first-order chi connectivity index (χ1) is 10.1. The molecule has 21 heavy (non-hydrogen) atoms. The zero-order valence-corrected chi connectivity index (χ0v) is 11.7. The Morgan fingerprint density at radius 3 is 1.95 bits per heavy atom. The number of methoxy groups -OCH3 is 1. The van der Waals surface area contributed by atoms with Crippen molar-refractivity contribution in [2.24, 2.45) is 10.2 Å². The van der Waals surface area contributed by atoms with Crippen molar-refractivity contribution < 1.29 is 13.5 Å². The van der Waals surface area contributed by atoms with Gasteiger partial charge in [0.05, 0.1) is 19.5 Å². The highest BCUT2D eigenvalue weighted by Gasteiger charge is 2.04. The summed E-state index contributed by atoms with van der Waals surface area (Å²) in [5, 5.41) is 7.60. The first-order valence-electron chi connectivity index (χ1n) is 6.26. The number of halogens is 2. The van der Waals surface area contributed by atoms with Gasteiger partial charge in [0, 0.05) is 11.1 Å². The van der Waals surface area contributed by atoms with Crippen LogP contribution in [0.5, 0.6) is 5.75 Å². The summed E-state index contributed by atoms with van der Waals surface area (Å²) in [5.41, 5.74) is 1.16. The smallest absolute Gasteiger partial charge is 0.129 e. The van der Waals surface area contributed by atoms with Crippen LogP contribution in [0, 0.1) is 18.6 Å². The van der Waals surface area contributed by atoms with Gasteiger partial charge in [-0.05, 0) is 48.9 Å². The van der Waals surface area contributed by atoms with Crippen LogP contribution in [0.2, 0.25) is 0 Å². The summed E-state index contributed by atoms with van der Waals surface area (Å²) in [6.45, 7) is 1.38. The molecule has 2 aromatic rings. The highest BCUT2D eigenvalue weighted by Crippen LogP contribution is 2.13. The molecule has 0 bridgehead atoms. The molecule has 0 saturated heterocycles. The lowest BCUT2D eigenvalue weighted by Gasteiger charge is -1.99. The fourth-order valence-electron chi connectivity index (χ4n) is 1.63. The molecule has 0 unspecified atom stereocenters. The van der Waals surface area contributed by atoms with Gasteiger partial charge in [0.25, 0.3) is 0 Å². The Balaban J connectivity index is 2.06. The lowest BCUT2D eigenvalue weighted by Crippen LogP contribution is -1.92. The Bertz CT molecular complexity index is 656. The van der Waals surface area contributed by atoms with Crippen LogP contribution in [-0.4, -0.2) is 19.5 Å². The van der Waals surface area contributed by atoms with E-state index in [-0.39, 0.29) is 5.56 Å². The highest BCUT2D eigenvalue weighted by molar-refractivity contribution is 5.82. The van der Waals surface area contributed by atoms with Crippen molar-refractivity contribution in [1.82, 2.24) is 0 Å². The molecule has 0 aliphatic heterocycles. The molecule has 0 radical (unpaired) electrons. The largest absolute Gasteiger partial charge is 0.497 e. The maximum atomic E-state index is 13.3. The minimum absolute atomic E-state index is 0.00566. The molecular weight excluding hydrogens is 274 g/mol. The fourth-order valence-corrected chi connectivity index (χ4v) is 1.63. The number of benzene rings is 2. The number of ether oxygens (including phenoxy) is 1. The monoisotopic (exact) mass is 288 g/mol. The summed E-state index contributed by atoms with van der Waals surface area (Å²) in [7, 11) is 1.59. The van der Waals surface area contributed by atoms with Gasteiger partial charge in [-0.2, -0.15) is 10.2 Å². The van der Waals surface area contributed by atoms with E-state index < -0.39 is 11.6 Å². The zero-order valence-electron chi connectivity index (χ0n) is 11.7. The van der Waals surface area contributed by atoms with E-state index in [1.165, 1.54) is 31.5 Å². The molecule has 2 aromatic carbocycles. The van der Waals surface area contributed by atoms with Crippen LogP contribution < -0.4 is 4.74 Å². The van der Waals surface area contributed by atoms with Gasteiger partial charge in [0.15, 0.2) is 0 Å². The number of nitrogens with zero attached hydrogens (tertiary/aromatic N) is 2. The predicted molar refractivity (Wildman–Crippen MR) is 79.3 cm³/mol. The molecule has 0 aromatic heterocycles. The first kappa shape index (κ1) is 14.8. The summed E-state index contributed by atoms with van der Waals surface area (Å²) in [4.78, 5) is 0. The van der Waals surface area contributed by atoms with E-state index in [0.29, 0.717) is 5.56 Å². The summed E-state index contributed by atoms with van der Waals surface area (Å²) in [5.74, 6) is -0.451. The summed E-state index contributed by atoms with van der Waals surface area (Å²) >= 11 is 0. The number of hydrogen-bond acceptors (Lipinski definition) is 3. The van der Waals surface area contributed by atoms with Gasteiger partial charge < -0.3 is 4.74 Å². The molecule has 0 saturated carbocycles. The van der Waals surface area contributed by atoms with Crippen LogP contribution in [0.3, 0.4) is 0 Å². The summed E-state index contributed by atoms with van der Waals surface area (Å²) in [6.07, 6.45) is 2.84. The third-order valence-electron chi connectivity index (χ3n) is 2.90. The van der Waals surface area contributed by atoms with Crippen LogP contribution >= 0.6 is 0 Å². The lowest BCUT2D eigenvalue weighted by atomic mass is 10.1. The van der Waals surface area contributed by atoms with Crippen LogP contribution in [0.15, 0.2) is 46.6 Å². The molecule has 2 rings (SSSR count). The molecule has 3 nitrogen and oxygen atoms in total. The second-order valence-electron chi connectivity index (χ2n) is 4.37. The fraction of sp³-hybridized carbons (Fsp3) is 0.125. The maximum absolute atomic E-state index is 13.3. The Labute approximate surface area is 121 Å². The van der Waals surface area contributed by atoms with Crippen LogP contribution in [0.4, 0.5) is 8.78 Å². The van der Waals surface area contributed by atoms with Gasteiger partial charge in [-0.1, -0.05) is 0 Å². The number of rotatable bonds is 4. The molecule has 0 fully saturated rings. The third kappa shape index (κ3) is 3.95. The van der Waals surface area contributed by atoms with Crippen molar-refractivity contribution in [3.05, 3.63) is 64.7 Å². The molecule has 0 N–H and O–H groups in total. The van der Waals surface area contributed by atoms with E-state index in [1.54, 1.807) is 19.2 Å². The molecule has 0 heterocycles. The quantitative estimate of drug-likeness (QED) is 0.623. The molecule has 0 aliphatic rings. The minimum atomic E-state index is -0.601. The van der Waals surface area contributed by atoms with Gasteiger partial charge in [-0.25, -0.2) is 8.78 Å². The molecule has 108 valence electrons. The van der Waals surface area contributed by atoms with E-state index in [4.69, 9.17) is 4.74 Å². The summed E-state index contributed by atoms with van der Waals surface area (Å²) in [6, 6.07) is 9.67. The van der Waals surface area contributed by atoms with Gasteiger partial charge in [0.1, 0.15) is 17.4 Å². The second-order valence-corrected chi connectivity index (χ2v) is 4.37. The van der Waals surface area contributed by atoms with Crippen molar-refractivity contribution in [1.29, 1.82) is 0 Å². The Hall–Kier alpha value is -2.56. The number of hydrogen-bond donors (Lipinski definition) is 0. The van der Waals surface area contributed by atoms with E-state index in [9.17, 15) is 8.78 Å². The van der Waals surface area contributed by atoms with Crippen LogP contribution in [-0.2, 0) is 0 Å². The molecular formula is C16H14F2N2O. The lowest BCUT2D eigenvalue weighted by molar-refractivity contribution is 0.415. The van der Waals surface area contributed by atoms with Crippen molar-refractivity contribution >= 4 is 12.4 Å². The van der Waals surface area contributed by atoms with E-state index in [1.807, 2.05) is 12.1 Å². The standard InChI is InChI=1S/C16H14F2N2O/c1-11-15(17)7-13(8-16(11)18)10-20-19-9-12-3-5-14(21-2)6-4-12/h3-10H,1-2H3/b19-9+,20-10+. The topological polar surface area (TPSA) is 34.0 Å². The van der Waals surface area contributed by atoms with Gasteiger partial charge >= 0.3 is 0 Å². The van der Waals surface area contributed by atoms with E-state index >= 15 is 0 Å². The molecule has 5 heteroatoms. The minimum Gasteiger partial charge on any atom is -0.497 e. The summed E-state index contributed by atoms with van der Waals surface area (Å²) < 4.78 is 31.7. The van der Waals surface area contributed by atoms with Crippen LogP contribution in [0.25, 0.3) is 0 Å². The second kappa shape index (κ2) is 6.74. The van der Waals surface area contributed by atoms with Crippen molar-refractivity contribution in [3.63, 3.8) is 0 Å². The normalized spacial score (nSPS) is 11.4.